The van der Waals surface area contributed by atoms with Gasteiger partial charge >= 0.3 is 0 Å². The highest BCUT2D eigenvalue weighted by atomic mass is 16.3. The van der Waals surface area contributed by atoms with E-state index in [1.807, 2.05) is 32.9 Å². The summed E-state index contributed by atoms with van der Waals surface area (Å²) < 4.78 is 0. The van der Waals surface area contributed by atoms with Crippen molar-refractivity contribution in [3.8, 4) is 22.6 Å². The van der Waals surface area contributed by atoms with Gasteiger partial charge in [0.2, 0.25) is 0 Å². The van der Waals surface area contributed by atoms with Gasteiger partial charge in [0, 0.05) is 23.5 Å². The van der Waals surface area contributed by atoms with Crippen molar-refractivity contribution in [2.24, 2.45) is 0 Å². The SMILES string of the molecule is Cc1ccnc2c(-c3cc(O)c(C(C)C)c(O)c3)ccnc12. The first-order valence-electron chi connectivity index (χ1n) is 7.25. The second-order valence-corrected chi connectivity index (χ2v) is 5.77. The van der Waals surface area contributed by atoms with Crippen molar-refractivity contribution in [3.63, 3.8) is 0 Å². The third kappa shape index (κ3) is 2.26. The molecule has 0 aliphatic carbocycles. The number of aryl methyl sites for hydroxylation is 1. The van der Waals surface area contributed by atoms with Crippen LogP contribution in [0.2, 0.25) is 0 Å². The molecule has 0 aliphatic rings. The molecule has 0 fully saturated rings. The number of phenolic OH excluding ortho intramolecular Hbond substituents is 2. The molecule has 0 bridgehead atoms. The highest BCUT2D eigenvalue weighted by Gasteiger charge is 2.15. The number of hydrogen-bond donors (Lipinski definition) is 2. The Bertz CT molecular complexity index is 834. The third-order valence-electron chi connectivity index (χ3n) is 3.85. The fourth-order valence-electron chi connectivity index (χ4n) is 2.78. The Morgan fingerprint density at radius 3 is 2.14 bits per heavy atom. The molecule has 0 atom stereocenters. The predicted octanol–water partition coefficient (Wildman–Crippen LogP) is 4.14. The molecule has 2 N–H and O–H groups in total. The molecule has 2 aromatic heterocycles. The zero-order valence-corrected chi connectivity index (χ0v) is 12.8. The fourth-order valence-corrected chi connectivity index (χ4v) is 2.78. The van der Waals surface area contributed by atoms with E-state index in [0.717, 1.165) is 27.7 Å². The van der Waals surface area contributed by atoms with Crippen molar-refractivity contribution in [1.29, 1.82) is 0 Å². The van der Waals surface area contributed by atoms with Crippen LogP contribution in [0.1, 0.15) is 30.9 Å². The second kappa shape index (κ2) is 5.30. The number of fused-ring (bicyclic) bond motifs is 1. The lowest BCUT2D eigenvalue weighted by Gasteiger charge is -2.14. The summed E-state index contributed by atoms with van der Waals surface area (Å²) in [4.78, 5) is 8.78. The molecule has 2 heterocycles. The molecule has 22 heavy (non-hydrogen) atoms. The van der Waals surface area contributed by atoms with Gasteiger partial charge in [0.05, 0.1) is 11.0 Å². The minimum Gasteiger partial charge on any atom is -0.507 e. The van der Waals surface area contributed by atoms with E-state index in [1.165, 1.54) is 0 Å². The maximum Gasteiger partial charge on any atom is 0.123 e. The highest BCUT2D eigenvalue weighted by molar-refractivity contribution is 5.93. The molecule has 0 spiro atoms. The van der Waals surface area contributed by atoms with Gasteiger partial charge in [-0.05, 0) is 48.2 Å². The molecule has 4 nitrogen and oxygen atoms in total. The van der Waals surface area contributed by atoms with E-state index in [4.69, 9.17) is 0 Å². The summed E-state index contributed by atoms with van der Waals surface area (Å²) in [6.45, 7) is 5.85. The lowest BCUT2D eigenvalue weighted by Crippen LogP contribution is -1.93. The molecule has 3 rings (SSSR count). The predicted molar refractivity (Wildman–Crippen MR) is 87.1 cm³/mol. The van der Waals surface area contributed by atoms with Gasteiger partial charge in [-0.1, -0.05) is 13.8 Å². The average Bonchev–Trinajstić information content (AvgIpc) is 2.46. The van der Waals surface area contributed by atoms with E-state index in [2.05, 4.69) is 9.97 Å². The summed E-state index contributed by atoms with van der Waals surface area (Å²) in [6, 6.07) is 7.11. The van der Waals surface area contributed by atoms with Gasteiger partial charge < -0.3 is 10.2 Å². The summed E-state index contributed by atoms with van der Waals surface area (Å²) in [5.74, 6) is 0.244. The molecule has 0 saturated carbocycles. The van der Waals surface area contributed by atoms with E-state index < -0.39 is 0 Å². The first-order valence-corrected chi connectivity index (χ1v) is 7.25. The molecule has 0 unspecified atom stereocenters. The van der Waals surface area contributed by atoms with Crippen molar-refractivity contribution >= 4 is 11.0 Å². The third-order valence-corrected chi connectivity index (χ3v) is 3.85. The molecule has 0 radical (unpaired) electrons. The van der Waals surface area contributed by atoms with Gasteiger partial charge in [-0.25, -0.2) is 0 Å². The highest BCUT2D eigenvalue weighted by Crippen LogP contribution is 2.39. The largest absolute Gasteiger partial charge is 0.507 e. The standard InChI is InChI=1S/C18H18N2O2/c1-10(2)16-14(21)8-12(9-15(16)22)13-5-7-19-17-11(3)4-6-20-18(13)17/h4-10,21-22H,1-3H3. The first kappa shape index (κ1) is 14.3. The Balaban J connectivity index is 2.27. The molecular weight excluding hydrogens is 276 g/mol. The second-order valence-electron chi connectivity index (χ2n) is 5.77. The zero-order chi connectivity index (χ0) is 15.9. The summed E-state index contributed by atoms with van der Waals surface area (Å²) in [7, 11) is 0. The van der Waals surface area contributed by atoms with Crippen LogP contribution in [-0.2, 0) is 0 Å². The van der Waals surface area contributed by atoms with Crippen LogP contribution in [0.4, 0.5) is 0 Å². The Kier molecular flexibility index (Phi) is 3.45. The molecular formula is C18H18N2O2. The molecule has 1 aromatic carbocycles. The summed E-state index contributed by atoms with van der Waals surface area (Å²) in [5.41, 5.74) is 4.76. The van der Waals surface area contributed by atoms with Crippen molar-refractivity contribution in [1.82, 2.24) is 9.97 Å². The Morgan fingerprint density at radius 1 is 0.909 bits per heavy atom. The smallest absolute Gasteiger partial charge is 0.123 e. The number of pyridine rings is 2. The fraction of sp³-hybridized carbons (Fsp3) is 0.222. The summed E-state index contributed by atoms with van der Waals surface area (Å²) in [6.07, 6.45) is 3.46. The van der Waals surface area contributed by atoms with Crippen LogP contribution in [0, 0.1) is 6.92 Å². The van der Waals surface area contributed by atoms with E-state index in [9.17, 15) is 10.2 Å². The van der Waals surface area contributed by atoms with Gasteiger partial charge in [0.25, 0.3) is 0 Å². The molecule has 3 aromatic rings. The molecule has 0 saturated heterocycles. The normalized spacial score (nSPS) is 11.3. The minimum absolute atomic E-state index is 0.0450. The van der Waals surface area contributed by atoms with E-state index in [0.29, 0.717) is 5.56 Å². The number of hydrogen-bond acceptors (Lipinski definition) is 4. The minimum atomic E-state index is 0.0450. The van der Waals surface area contributed by atoms with Gasteiger partial charge in [0.15, 0.2) is 0 Å². The number of rotatable bonds is 2. The number of aromatic hydroxyl groups is 2. The summed E-state index contributed by atoms with van der Waals surface area (Å²) >= 11 is 0. The Hall–Kier alpha value is -2.62. The topological polar surface area (TPSA) is 66.2 Å². The van der Waals surface area contributed by atoms with E-state index >= 15 is 0 Å². The first-order chi connectivity index (χ1) is 10.5. The van der Waals surface area contributed by atoms with Crippen LogP contribution in [0.3, 0.4) is 0 Å². The van der Waals surface area contributed by atoms with Gasteiger partial charge in [-0.2, -0.15) is 0 Å². The van der Waals surface area contributed by atoms with Crippen LogP contribution >= 0.6 is 0 Å². The van der Waals surface area contributed by atoms with Crippen molar-refractivity contribution in [2.75, 3.05) is 0 Å². The van der Waals surface area contributed by atoms with Crippen LogP contribution in [0.5, 0.6) is 11.5 Å². The van der Waals surface area contributed by atoms with Crippen LogP contribution in [-0.4, -0.2) is 20.2 Å². The number of nitrogens with zero attached hydrogens (tertiary/aromatic N) is 2. The van der Waals surface area contributed by atoms with Crippen LogP contribution in [0.15, 0.2) is 36.7 Å². The quantitative estimate of drug-likeness (QED) is 0.745. The number of phenols is 2. The van der Waals surface area contributed by atoms with Crippen molar-refractivity contribution in [3.05, 3.63) is 47.8 Å². The van der Waals surface area contributed by atoms with Gasteiger partial charge in [0.1, 0.15) is 11.5 Å². The van der Waals surface area contributed by atoms with Gasteiger partial charge in [-0.3, -0.25) is 9.97 Å². The van der Waals surface area contributed by atoms with Crippen molar-refractivity contribution in [2.45, 2.75) is 26.7 Å². The molecule has 112 valence electrons. The monoisotopic (exact) mass is 294 g/mol. The van der Waals surface area contributed by atoms with Crippen LogP contribution in [0.25, 0.3) is 22.2 Å². The van der Waals surface area contributed by atoms with Crippen LogP contribution < -0.4 is 0 Å². The van der Waals surface area contributed by atoms with Crippen molar-refractivity contribution < 1.29 is 10.2 Å². The van der Waals surface area contributed by atoms with Gasteiger partial charge in [-0.15, -0.1) is 0 Å². The lowest BCUT2D eigenvalue weighted by molar-refractivity contribution is 0.434. The van der Waals surface area contributed by atoms with E-state index in [1.54, 1.807) is 24.5 Å². The molecule has 4 heteroatoms. The number of aromatic nitrogens is 2. The zero-order valence-electron chi connectivity index (χ0n) is 12.8. The van der Waals surface area contributed by atoms with E-state index in [-0.39, 0.29) is 17.4 Å². The number of benzene rings is 1. The molecule has 0 aliphatic heterocycles. The Morgan fingerprint density at radius 2 is 1.50 bits per heavy atom. The lowest BCUT2D eigenvalue weighted by atomic mass is 9.95. The Labute approximate surface area is 129 Å². The average molecular weight is 294 g/mol. The summed E-state index contributed by atoms with van der Waals surface area (Å²) in [5, 5.41) is 20.5. The maximum absolute atomic E-state index is 10.2. The molecule has 0 amide bonds. The maximum atomic E-state index is 10.2.